The predicted molar refractivity (Wildman–Crippen MR) is 79.0 cm³/mol. The molecule has 0 atom stereocenters. The molecule has 0 aliphatic rings. The van der Waals surface area contributed by atoms with Crippen LogP contribution in [0.15, 0.2) is 12.1 Å². The van der Waals surface area contributed by atoms with Gasteiger partial charge >= 0.3 is 0 Å². The van der Waals surface area contributed by atoms with Crippen molar-refractivity contribution in [1.82, 2.24) is 4.98 Å². The van der Waals surface area contributed by atoms with Crippen molar-refractivity contribution < 1.29 is 4.74 Å². The SMILES string of the molecule is CCNc1nc2cc(C(C)(C)C)c(OC)cc2s1. The van der Waals surface area contributed by atoms with E-state index in [9.17, 15) is 0 Å². The number of nitrogens with zero attached hydrogens (tertiary/aromatic N) is 1. The molecule has 1 aromatic carbocycles. The van der Waals surface area contributed by atoms with Gasteiger partial charge in [-0.25, -0.2) is 4.98 Å². The van der Waals surface area contributed by atoms with E-state index in [-0.39, 0.29) is 5.41 Å². The first-order chi connectivity index (χ1) is 8.45. The van der Waals surface area contributed by atoms with Crippen LogP contribution in [-0.2, 0) is 5.41 Å². The molecule has 1 heterocycles. The van der Waals surface area contributed by atoms with Crippen LogP contribution in [0.3, 0.4) is 0 Å². The summed E-state index contributed by atoms with van der Waals surface area (Å²) < 4.78 is 6.67. The number of fused-ring (bicyclic) bond motifs is 1. The third-order valence-electron chi connectivity index (χ3n) is 2.85. The molecule has 1 N–H and O–H groups in total. The summed E-state index contributed by atoms with van der Waals surface area (Å²) in [7, 11) is 1.72. The zero-order valence-electron chi connectivity index (χ0n) is 11.6. The van der Waals surface area contributed by atoms with Gasteiger partial charge in [0.25, 0.3) is 0 Å². The molecule has 2 aromatic rings. The Morgan fingerprint density at radius 2 is 2.06 bits per heavy atom. The van der Waals surface area contributed by atoms with Crippen molar-refractivity contribution in [1.29, 1.82) is 0 Å². The Morgan fingerprint density at radius 3 is 2.61 bits per heavy atom. The summed E-state index contributed by atoms with van der Waals surface area (Å²) in [5, 5.41) is 4.23. The molecule has 3 nitrogen and oxygen atoms in total. The Bertz CT molecular complexity index is 555. The summed E-state index contributed by atoms with van der Waals surface area (Å²) in [5.74, 6) is 0.946. The smallest absolute Gasteiger partial charge is 0.183 e. The van der Waals surface area contributed by atoms with Gasteiger partial charge in [-0.2, -0.15) is 0 Å². The zero-order chi connectivity index (χ0) is 13.3. The average Bonchev–Trinajstić information content (AvgIpc) is 2.67. The van der Waals surface area contributed by atoms with Crippen LogP contribution in [0.4, 0.5) is 5.13 Å². The maximum absolute atomic E-state index is 5.51. The van der Waals surface area contributed by atoms with E-state index in [1.807, 2.05) is 0 Å². The largest absolute Gasteiger partial charge is 0.496 e. The van der Waals surface area contributed by atoms with Gasteiger partial charge in [-0.15, -0.1) is 0 Å². The van der Waals surface area contributed by atoms with Crippen LogP contribution >= 0.6 is 11.3 Å². The van der Waals surface area contributed by atoms with E-state index in [0.29, 0.717) is 0 Å². The average molecular weight is 264 g/mol. The van der Waals surface area contributed by atoms with Crippen molar-refractivity contribution >= 4 is 26.7 Å². The van der Waals surface area contributed by atoms with Gasteiger partial charge in [-0.1, -0.05) is 32.1 Å². The van der Waals surface area contributed by atoms with E-state index < -0.39 is 0 Å². The third-order valence-corrected chi connectivity index (χ3v) is 3.82. The fourth-order valence-corrected chi connectivity index (χ4v) is 2.88. The van der Waals surface area contributed by atoms with E-state index >= 15 is 0 Å². The fraction of sp³-hybridized carbons (Fsp3) is 0.500. The van der Waals surface area contributed by atoms with Gasteiger partial charge < -0.3 is 10.1 Å². The molecule has 0 bridgehead atoms. The van der Waals surface area contributed by atoms with Crippen LogP contribution in [0.5, 0.6) is 5.75 Å². The topological polar surface area (TPSA) is 34.2 Å². The van der Waals surface area contributed by atoms with Crippen molar-refractivity contribution in [3.63, 3.8) is 0 Å². The van der Waals surface area contributed by atoms with Crippen LogP contribution in [0.2, 0.25) is 0 Å². The number of nitrogens with one attached hydrogen (secondary N) is 1. The molecule has 0 saturated carbocycles. The van der Waals surface area contributed by atoms with Gasteiger partial charge in [0, 0.05) is 12.1 Å². The lowest BCUT2D eigenvalue weighted by molar-refractivity contribution is 0.398. The molecule has 0 spiro atoms. The first kappa shape index (κ1) is 13.1. The summed E-state index contributed by atoms with van der Waals surface area (Å²) >= 11 is 1.67. The minimum absolute atomic E-state index is 0.0570. The van der Waals surface area contributed by atoms with E-state index in [1.165, 1.54) is 5.56 Å². The van der Waals surface area contributed by atoms with Gasteiger partial charge in [-0.3, -0.25) is 0 Å². The van der Waals surface area contributed by atoms with Crippen molar-refractivity contribution in [3.05, 3.63) is 17.7 Å². The number of rotatable bonds is 3. The number of hydrogen-bond acceptors (Lipinski definition) is 4. The molecular weight excluding hydrogens is 244 g/mol. The number of benzene rings is 1. The molecular formula is C14H20N2OS. The van der Waals surface area contributed by atoms with E-state index in [2.05, 4.69) is 50.1 Å². The minimum Gasteiger partial charge on any atom is -0.496 e. The number of anilines is 1. The lowest BCUT2D eigenvalue weighted by Crippen LogP contribution is -2.12. The Balaban J connectivity index is 2.58. The summed E-state index contributed by atoms with van der Waals surface area (Å²) in [6.45, 7) is 9.53. The predicted octanol–water partition coefficient (Wildman–Crippen LogP) is 4.03. The molecule has 0 aliphatic carbocycles. The van der Waals surface area contributed by atoms with Gasteiger partial charge in [0.15, 0.2) is 5.13 Å². The minimum atomic E-state index is 0.0570. The molecule has 0 saturated heterocycles. The first-order valence-electron chi connectivity index (χ1n) is 6.18. The number of hydrogen-bond donors (Lipinski definition) is 1. The molecule has 4 heteroatoms. The summed E-state index contributed by atoms with van der Waals surface area (Å²) in [6, 6.07) is 4.24. The lowest BCUT2D eigenvalue weighted by atomic mass is 9.86. The highest BCUT2D eigenvalue weighted by molar-refractivity contribution is 7.22. The molecule has 0 unspecified atom stereocenters. The van der Waals surface area contributed by atoms with Crippen LogP contribution in [-0.4, -0.2) is 18.6 Å². The Morgan fingerprint density at radius 1 is 1.33 bits per heavy atom. The summed E-state index contributed by atoms with van der Waals surface area (Å²) in [5.41, 5.74) is 2.30. The van der Waals surface area contributed by atoms with Crippen LogP contribution in [0.1, 0.15) is 33.3 Å². The lowest BCUT2D eigenvalue weighted by Gasteiger charge is -2.21. The third kappa shape index (κ3) is 2.43. The second-order valence-corrected chi connectivity index (χ2v) is 6.35. The molecule has 0 radical (unpaired) electrons. The number of thiazole rings is 1. The van der Waals surface area contributed by atoms with E-state index in [0.717, 1.165) is 27.6 Å². The first-order valence-corrected chi connectivity index (χ1v) is 7.00. The van der Waals surface area contributed by atoms with Crippen molar-refractivity contribution in [2.24, 2.45) is 0 Å². The monoisotopic (exact) mass is 264 g/mol. The number of methoxy groups -OCH3 is 1. The number of ether oxygens (including phenoxy) is 1. The highest BCUT2D eigenvalue weighted by atomic mass is 32.1. The number of aromatic nitrogens is 1. The van der Waals surface area contributed by atoms with Crippen LogP contribution in [0.25, 0.3) is 10.2 Å². The summed E-state index contributed by atoms with van der Waals surface area (Å²) in [6.07, 6.45) is 0. The van der Waals surface area contributed by atoms with Gasteiger partial charge in [0.05, 0.1) is 17.3 Å². The van der Waals surface area contributed by atoms with Crippen LogP contribution < -0.4 is 10.1 Å². The van der Waals surface area contributed by atoms with Crippen molar-refractivity contribution in [2.45, 2.75) is 33.1 Å². The van der Waals surface area contributed by atoms with Gasteiger partial charge in [0.1, 0.15) is 5.75 Å². The molecule has 18 heavy (non-hydrogen) atoms. The van der Waals surface area contributed by atoms with Crippen molar-refractivity contribution in [3.8, 4) is 5.75 Å². The Hall–Kier alpha value is -1.29. The normalized spacial score (nSPS) is 11.8. The zero-order valence-corrected chi connectivity index (χ0v) is 12.4. The second kappa shape index (κ2) is 4.76. The molecule has 1 aromatic heterocycles. The van der Waals surface area contributed by atoms with E-state index in [1.54, 1.807) is 18.4 Å². The maximum Gasteiger partial charge on any atom is 0.183 e. The highest BCUT2D eigenvalue weighted by Crippen LogP contribution is 2.37. The highest BCUT2D eigenvalue weighted by Gasteiger charge is 2.20. The fourth-order valence-electron chi connectivity index (χ4n) is 1.94. The second-order valence-electron chi connectivity index (χ2n) is 5.32. The Labute approximate surface area is 112 Å². The summed E-state index contributed by atoms with van der Waals surface area (Å²) in [4.78, 5) is 4.60. The molecule has 0 amide bonds. The van der Waals surface area contributed by atoms with Crippen molar-refractivity contribution in [2.75, 3.05) is 19.0 Å². The Kier molecular flexibility index (Phi) is 3.48. The molecule has 0 fully saturated rings. The van der Waals surface area contributed by atoms with E-state index in [4.69, 9.17) is 4.74 Å². The standard InChI is InChI=1S/C14H20N2OS/c1-6-15-13-16-10-7-9(14(2,3)4)11(17-5)8-12(10)18-13/h7-8H,6H2,1-5H3,(H,15,16). The van der Waals surface area contributed by atoms with Gasteiger partial charge in [-0.05, 0) is 24.5 Å². The van der Waals surface area contributed by atoms with Crippen LogP contribution in [0, 0.1) is 0 Å². The molecule has 0 aliphatic heterocycles. The quantitative estimate of drug-likeness (QED) is 0.908. The van der Waals surface area contributed by atoms with Gasteiger partial charge in [0.2, 0.25) is 0 Å². The maximum atomic E-state index is 5.51. The molecule has 98 valence electrons. The molecule has 2 rings (SSSR count).